The topological polar surface area (TPSA) is 12.9 Å². The Hall–Kier alpha value is -0.890. The summed E-state index contributed by atoms with van der Waals surface area (Å²) in [6, 6.07) is 2.07. The number of fused-ring (bicyclic) bond motifs is 1. The fourth-order valence-corrected chi connectivity index (χ4v) is 2.22. The van der Waals surface area contributed by atoms with Crippen LogP contribution in [0.1, 0.15) is 30.7 Å². The Morgan fingerprint density at radius 2 is 1.93 bits per heavy atom. The molecule has 0 aromatic carbocycles. The molecule has 0 atom stereocenters. The molecule has 0 saturated heterocycles. The van der Waals surface area contributed by atoms with Crippen molar-refractivity contribution in [3.63, 3.8) is 0 Å². The summed E-state index contributed by atoms with van der Waals surface area (Å²) in [4.78, 5) is 5.49. The molecule has 2 aromatic rings. The van der Waals surface area contributed by atoms with Crippen LogP contribution < -0.4 is 0 Å². The zero-order valence-electron chi connectivity index (χ0n) is 9.29. The highest BCUT2D eigenvalue weighted by Gasteiger charge is 2.02. The van der Waals surface area contributed by atoms with Crippen LogP contribution in [0, 0.1) is 13.8 Å². The first-order chi connectivity index (χ1) is 6.70. The second-order valence-corrected chi connectivity index (χ2v) is 4.62. The van der Waals surface area contributed by atoms with Gasteiger partial charge in [-0.15, -0.1) is 11.3 Å². The van der Waals surface area contributed by atoms with Gasteiger partial charge < -0.3 is 0 Å². The molecule has 14 heavy (non-hydrogen) atoms. The van der Waals surface area contributed by atoms with Gasteiger partial charge in [-0.25, -0.2) is 0 Å². The van der Waals surface area contributed by atoms with E-state index in [0.29, 0.717) is 0 Å². The normalized spacial score (nSPS) is 9.71. The Labute approximate surface area is 89.8 Å². The smallest absolute Gasteiger partial charge is 0.0379 e. The molecule has 0 saturated carbocycles. The van der Waals surface area contributed by atoms with E-state index in [1.165, 1.54) is 26.9 Å². The fourth-order valence-electron chi connectivity index (χ4n) is 1.18. The summed E-state index contributed by atoms with van der Waals surface area (Å²) in [5.74, 6) is 0. The van der Waals surface area contributed by atoms with Crippen molar-refractivity contribution in [2.45, 2.75) is 34.1 Å². The summed E-state index contributed by atoms with van der Waals surface area (Å²) >= 11 is 1.84. The second-order valence-electron chi connectivity index (χ2n) is 3.36. The van der Waals surface area contributed by atoms with Crippen LogP contribution in [-0.2, 0) is 0 Å². The van der Waals surface area contributed by atoms with E-state index in [9.17, 15) is 0 Å². The van der Waals surface area contributed by atoms with Crippen molar-refractivity contribution in [2.24, 2.45) is 0 Å². The maximum absolute atomic E-state index is 4.09. The molecule has 76 valence electrons. The van der Waals surface area contributed by atoms with Gasteiger partial charge in [-0.1, -0.05) is 20.3 Å². The van der Waals surface area contributed by atoms with Gasteiger partial charge in [0.25, 0.3) is 0 Å². The Balaban J connectivity index is 0.000000293. The van der Waals surface area contributed by atoms with Crippen molar-refractivity contribution in [1.82, 2.24) is 4.98 Å². The van der Waals surface area contributed by atoms with Crippen LogP contribution in [0.15, 0.2) is 18.5 Å². The van der Waals surface area contributed by atoms with E-state index in [1.54, 1.807) is 0 Å². The third-order valence-corrected chi connectivity index (χ3v) is 3.16. The minimum atomic E-state index is 1.25. The molecule has 0 fully saturated rings. The number of aromatic nitrogens is 1. The lowest BCUT2D eigenvalue weighted by Gasteiger charge is -1.87. The van der Waals surface area contributed by atoms with E-state index in [-0.39, 0.29) is 0 Å². The number of pyridine rings is 1. The molecule has 2 rings (SSSR count). The zero-order valence-corrected chi connectivity index (χ0v) is 10.1. The molecule has 2 heteroatoms. The van der Waals surface area contributed by atoms with Gasteiger partial charge in [0.15, 0.2) is 0 Å². The fraction of sp³-hybridized carbons (Fsp3) is 0.417. The van der Waals surface area contributed by atoms with Gasteiger partial charge in [0, 0.05) is 27.4 Å². The quantitative estimate of drug-likeness (QED) is 0.626. The van der Waals surface area contributed by atoms with Crippen LogP contribution in [0.3, 0.4) is 0 Å². The highest BCUT2D eigenvalue weighted by atomic mass is 32.1. The van der Waals surface area contributed by atoms with Crippen LogP contribution in [0.2, 0.25) is 0 Å². The Bertz CT molecular complexity index is 404. The average molecular weight is 207 g/mol. The summed E-state index contributed by atoms with van der Waals surface area (Å²) in [6.45, 7) is 8.55. The number of hydrogen-bond donors (Lipinski definition) is 0. The number of thiophene rings is 1. The lowest BCUT2D eigenvalue weighted by molar-refractivity contribution is 1.09. The first-order valence-electron chi connectivity index (χ1n) is 5.00. The van der Waals surface area contributed by atoms with Gasteiger partial charge in [-0.05, 0) is 25.5 Å². The van der Waals surface area contributed by atoms with Gasteiger partial charge >= 0.3 is 0 Å². The highest BCUT2D eigenvalue weighted by Crippen LogP contribution is 2.28. The van der Waals surface area contributed by atoms with Crippen molar-refractivity contribution >= 4 is 21.4 Å². The third-order valence-electron chi connectivity index (χ3n) is 1.98. The molecule has 0 unspecified atom stereocenters. The van der Waals surface area contributed by atoms with Gasteiger partial charge in [0.2, 0.25) is 0 Å². The highest BCUT2D eigenvalue weighted by molar-refractivity contribution is 7.19. The summed E-state index contributed by atoms with van der Waals surface area (Å²) < 4.78 is 1.34. The molecule has 1 nitrogen and oxygen atoms in total. The van der Waals surface area contributed by atoms with Crippen LogP contribution in [0.25, 0.3) is 10.1 Å². The Kier molecular flexibility index (Phi) is 4.08. The molecule has 0 aliphatic rings. The Morgan fingerprint density at radius 3 is 2.50 bits per heavy atom. The van der Waals surface area contributed by atoms with E-state index < -0.39 is 0 Å². The van der Waals surface area contributed by atoms with Crippen LogP contribution in [-0.4, -0.2) is 4.98 Å². The summed E-state index contributed by atoms with van der Waals surface area (Å²) in [5, 5.41) is 1.30. The van der Waals surface area contributed by atoms with E-state index >= 15 is 0 Å². The largest absolute Gasteiger partial charge is 0.264 e. The second kappa shape index (κ2) is 5.11. The SMILES string of the molecule is CCC.Cc1sc2ccncc2c1C. The van der Waals surface area contributed by atoms with Crippen molar-refractivity contribution in [3.8, 4) is 0 Å². The molecule has 0 spiro atoms. The maximum Gasteiger partial charge on any atom is 0.0379 e. The molecular weight excluding hydrogens is 190 g/mol. The van der Waals surface area contributed by atoms with Crippen molar-refractivity contribution in [1.29, 1.82) is 0 Å². The first-order valence-corrected chi connectivity index (χ1v) is 5.82. The number of aryl methyl sites for hydroxylation is 2. The van der Waals surface area contributed by atoms with E-state index in [0.717, 1.165) is 0 Å². The van der Waals surface area contributed by atoms with Gasteiger partial charge in [-0.2, -0.15) is 0 Å². The predicted molar refractivity (Wildman–Crippen MR) is 65.1 cm³/mol. The molecule has 0 radical (unpaired) electrons. The minimum absolute atomic E-state index is 1.25. The van der Waals surface area contributed by atoms with E-state index in [4.69, 9.17) is 0 Å². The van der Waals surface area contributed by atoms with Crippen LogP contribution in [0.4, 0.5) is 0 Å². The van der Waals surface area contributed by atoms with Crippen molar-refractivity contribution < 1.29 is 0 Å². The Morgan fingerprint density at radius 1 is 1.29 bits per heavy atom. The van der Waals surface area contributed by atoms with Crippen LogP contribution >= 0.6 is 11.3 Å². The average Bonchev–Trinajstić information content (AvgIpc) is 2.45. The molecule has 2 heterocycles. The van der Waals surface area contributed by atoms with Crippen molar-refractivity contribution in [2.75, 3.05) is 0 Å². The summed E-state index contributed by atoms with van der Waals surface area (Å²) in [7, 11) is 0. The third kappa shape index (κ3) is 2.32. The molecular formula is C12H17NS. The lowest BCUT2D eigenvalue weighted by Crippen LogP contribution is -1.71. The first kappa shape index (κ1) is 11.2. The molecule has 0 aliphatic carbocycles. The molecule has 2 aromatic heterocycles. The molecule has 0 bridgehead atoms. The van der Waals surface area contributed by atoms with E-state index in [1.807, 2.05) is 23.7 Å². The number of nitrogens with zero attached hydrogens (tertiary/aromatic N) is 1. The van der Waals surface area contributed by atoms with Crippen molar-refractivity contribution in [3.05, 3.63) is 28.9 Å². The zero-order chi connectivity index (χ0) is 10.6. The van der Waals surface area contributed by atoms with Gasteiger partial charge in [0.1, 0.15) is 0 Å². The predicted octanol–water partition coefficient (Wildman–Crippen LogP) is 4.33. The minimum Gasteiger partial charge on any atom is -0.264 e. The molecule has 0 N–H and O–H groups in total. The number of rotatable bonds is 0. The van der Waals surface area contributed by atoms with Gasteiger partial charge in [-0.3, -0.25) is 4.98 Å². The summed E-state index contributed by atoms with van der Waals surface area (Å²) in [5.41, 5.74) is 1.37. The number of hydrogen-bond acceptors (Lipinski definition) is 2. The monoisotopic (exact) mass is 207 g/mol. The van der Waals surface area contributed by atoms with Crippen LogP contribution in [0.5, 0.6) is 0 Å². The molecule has 0 aliphatic heterocycles. The summed E-state index contributed by atoms with van der Waals surface area (Å²) in [6.07, 6.45) is 5.03. The standard InChI is InChI=1S/C9H9NS.C3H8/c1-6-7(2)11-9-3-4-10-5-8(6)9;1-3-2/h3-5H,1-2H3;3H2,1-2H3. The van der Waals surface area contributed by atoms with Gasteiger partial charge in [0.05, 0.1) is 0 Å². The molecule has 0 amide bonds. The van der Waals surface area contributed by atoms with E-state index in [2.05, 4.69) is 38.7 Å². The lowest BCUT2D eigenvalue weighted by atomic mass is 10.2. The maximum atomic E-state index is 4.09.